The number of hydrogen-bond acceptors (Lipinski definition) is 5. The van der Waals surface area contributed by atoms with Crippen molar-refractivity contribution in [2.24, 2.45) is 5.73 Å². The molecule has 5 heteroatoms. The Morgan fingerprint density at radius 1 is 1.20 bits per heavy atom. The van der Waals surface area contributed by atoms with Crippen LogP contribution in [0.15, 0.2) is 0 Å². The Hall–Kier alpha value is -0.200. The van der Waals surface area contributed by atoms with Gasteiger partial charge in [-0.1, -0.05) is 0 Å². The summed E-state index contributed by atoms with van der Waals surface area (Å²) in [6.07, 6.45) is 1.90. The third kappa shape index (κ3) is 7.70. The molecule has 0 bridgehead atoms. The first-order chi connectivity index (χ1) is 7.28. The van der Waals surface area contributed by atoms with Gasteiger partial charge in [0.1, 0.15) is 0 Å². The van der Waals surface area contributed by atoms with Crippen molar-refractivity contribution in [2.45, 2.75) is 24.9 Å². The van der Waals surface area contributed by atoms with E-state index in [1.54, 1.807) is 14.2 Å². The summed E-state index contributed by atoms with van der Waals surface area (Å²) in [5, 5.41) is 12.4. The van der Waals surface area contributed by atoms with Gasteiger partial charge in [0.05, 0.1) is 25.9 Å². The van der Waals surface area contributed by atoms with Gasteiger partial charge < -0.3 is 25.6 Å². The van der Waals surface area contributed by atoms with E-state index in [4.69, 9.17) is 20.3 Å². The molecule has 2 atom stereocenters. The van der Waals surface area contributed by atoms with Crippen molar-refractivity contribution in [3.8, 4) is 0 Å². The third-order valence-corrected chi connectivity index (χ3v) is 2.18. The van der Waals surface area contributed by atoms with E-state index in [0.717, 1.165) is 12.8 Å². The molecule has 5 nitrogen and oxygen atoms in total. The molecule has 0 aromatic rings. The molecular formula is C10H24N2O3. The summed E-state index contributed by atoms with van der Waals surface area (Å²) in [5.41, 5.74) is 5.45. The Morgan fingerprint density at radius 3 is 2.27 bits per heavy atom. The van der Waals surface area contributed by atoms with Gasteiger partial charge in [0.25, 0.3) is 0 Å². The largest absolute Gasteiger partial charge is 0.395 e. The van der Waals surface area contributed by atoms with Crippen molar-refractivity contribution in [1.82, 2.24) is 5.32 Å². The second-order valence-electron chi connectivity index (χ2n) is 3.58. The summed E-state index contributed by atoms with van der Waals surface area (Å²) in [6.45, 7) is 1.87. The summed E-state index contributed by atoms with van der Waals surface area (Å²) in [6, 6.07) is 0.193. The van der Waals surface area contributed by atoms with Gasteiger partial charge in [-0.25, -0.2) is 0 Å². The van der Waals surface area contributed by atoms with Crippen LogP contribution in [0.5, 0.6) is 0 Å². The van der Waals surface area contributed by atoms with Gasteiger partial charge in [0.2, 0.25) is 0 Å². The van der Waals surface area contributed by atoms with Crippen LogP contribution in [0.25, 0.3) is 0 Å². The smallest absolute Gasteiger partial charge is 0.0638 e. The molecule has 0 aliphatic carbocycles. The van der Waals surface area contributed by atoms with Crippen LogP contribution in [0.3, 0.4) is 0 Å². The number of methoxy groups -OCH3 is 2. The van der Waals surface area contributed by atoms with E-state index in [-0.39, 0.29) is 18.7 Å². The molecule has 0 aromatic heterocycles. The molecule has 2 unspecified atom stereocenters. The fourth-order valence-corrected chi connectivity index (χ4v) is 1.47. The number of rotatable bonds is 10. The lowest BCUT2D eigenvalue weighted by atomic mass is 10.1. The van der Waals surface area contributed by atoms with Gasteiger partial charge in [-0.3, -0.25) is 0 Å². The molecule has 0 fully saturated rings. The Bertz CT molecular complexity index is 136. The maximum absolute atomic E-state index is 9.09. The molecule has 0 saturated heterocycles. The SMILES string of the molecule is COCC(CO)NC(CCCN)COC. The third-order valence-electron chi connectivity index (χ3n) is 2.18. The van der Waals surface area contributed by atoms with Crippen molar-refractivity contribution >= 4 is 0 Å². The lowest BCUT2D eigenvalue weighted by molar-refractivity contribution is 0.101. The monoisotopic (exact) mass is 220 g/mol. The van der Waals surface area contributed by atoms with Crippen molar-refractivity contribution in [3.05, 3.63) is 0 Å². The molecule has 0 aromatic carbocycles. The van der Waals surface area contributed by atoms with Crippen LogP contribution in [-0.2, 0) is 9.47 Å². The Morgan fingerprint density at radius 2 is 1.80 bits per heavy atom. The number of hydrogen-bond donors (Lipinski definition) is 3. The summed E-state index contributed by atoms with van der Waals surface area (Å²) in [4.78, 5) is 0. The van der Waals surface area contributed by atoms with Crippen molar-refractivity contribution in [2.75, 3.05) is 40.6 Å². The molecule has 92 valence electrons. The maximum atomic E-state index is 9.09. The zero-order valence-electron chi connectivity index (χ0n) is 9.74. The van der Waals surface area contributed by atoms with E-state index in [0.29, 0.717) is 19.8 Å². The molecule has 0 aliphatic heterocycles. The summed E-state index contributed by atoms with van der Waals surface area (Å²) >= 11 is 0. The molecule has 0 radical (unpaired) electrons. The molecule has 0 heterocycles. The first-order valence-corrected chi connectivity index (χ1v) is 5.33. The summed E-state index contributed by atoms with van der Waals surface area (Å²) in [5.74, 6) is 0. The fraction of sp³-hybridized carbons (Fsp3) is 1.00. The zero-order valence-corrected chi connectivity index (χ0v) is 9.74. The van der Waals surface area contributed by atoms with Crippen molar-refractivity contribution in [1.29, 1.82) is 0 Å². The molecule has 15 heavy (non-hydrogen) atoms. The topological polar surface area (TPSA) is 76.7 Å². The minimum Gasteiger partial charge on any atom is -0.395 e. The average Bonchev–Trinajstić information content (AvgIpc) is 2.25. The van der Waals surface area contributed by atoms with Gasteiger partial charge in [-0.2, -0.15) is 0 Å². The highest BCUT2D eigenvalue weighted by atomic mass is 16.5. The van der Waals surface area contributed by atoms with E-state index >= 15 is 0 Å². The van der Waals surface area contributed by atoms with Crippen LogP contribution >= 0.6 is 0 Å². The highest BCUT2D eigenvalue weighted by Crippen LogP contribution is 1.99. The summed E-state index contributed by atoms with van der Waals surface area (Å²) < 4.78 is 10.1. The van der Waals surface area contributed by atoms with Gasteiger partial charge in [0, 0.05) is 20.3 Å². The highest BCUT2D eigenvalue weighted by Gasteiger charge is 2.13. The van der Waals surface area contributed by atoms with Crippen molar-refractivity contribution < 1.29 is 14.6 Å². The van der Waals surface area contributed by atoms with Crippen molar-refractivity contribution in [3.63, 3.8) is 0 Å². The lowest BCUT2D eigenvalue weighted by Crippen LogP contribution is -2.45. The lowest BCUT2D eigenvalue weighted by Gasteiger charge is -2.23. The maximum Gasteiger partial charge on any atom is 0.0638 e. The first-order valence-electron chi connectivity index (χ1n) is 5.33. The zero-order chi connectivity index (χ0) is 11.5. The second-order valence-corrected chi connectivity index (χ2v) is 3.58. The van der Waals surface area contributed by atoms with Crippen LogP contribution in [0.2, 0.25) is 0 Å². The Kier molecular flexibility index (Phi) is 10.2. The van der Waals surface area contributed by atoms with Gasteiger partial charge in [-0.15, -0.1) is 0 Å². The number of ether oxygens (including phenoxy) is 2. The number of aliphatic hydroxyl groups is 1. The minimum absolute atomic E-state index is 0.0343. The van der Waals surface area contributed by atoms with E-state index in [1.165, 1.54) is 0 Å². The quantitative estimate of drug-likeness (QED) is 0.455. The standard InChI is InChI=1S/C10H24N2O3/c1-14-7-9(4-3-5-11)12-10(6-13)8-15-2/h9-10,12-13H,3-8,11H2,1-2H3. The number of nitrogens with two attached hydrogens (primary N) is 1. The molecule has 0 spiro atoms. The summed E-state index contributed by atoms with van der Waals surface area (Å²) in [7, 11) is 3.29. The molecule has 0 aliphatic rings. The highest BCUT2D eigenvalue weighted by molar-refractivity contribution is 4.73. The average molecular weight is 220 g/mol. The fourth-order valence-electron chi connectivity index (χ4n) is 1.47. The van der Waals surface area contributed by atoms with Gasteiger partial charge in [0.15, 0.2) is 0 Å². The van der Waals surface area contributed by atoms with E-state index in [2.05, 4.69) is 5.32 Å². The van der Waals surface area contributed by atoms with Crippen LogP contribution in [0.1, 0.15) is 12.8 Å². The van der Waals surface area contributed by atoms with E-state index in [9.17, 15) is 0 Å². The van der Waals surface area contributed by atoms with Gasteiger partial charge >= 0.3 is 0 Å². The Balaban J connectivity index is 3.87. The number of nitrogens with one attached hydrogen (secondary N) is 1. The molecule has 4 N–H and O–H groups in total. The number of aliphatic hydroxyl groups excluding tert-OH is 1. The molecular weight excluding hydrogens is 196 g/mol. The predicted molar refractivity (Wildman–Crippen MR) is 59.8 cm³/mol. The second kappa shape index (κ2) is 10.3. The van der Waals surface area contributed by atoms with Gasteiger partial charge in [-0.05, 0) is 19.4 Å². The molecule has 0 rings (SSSR count). The molecule has 0 amide bonds. The minimum atomic E-state index is -0.0343. The van der Waals surface area contributed by atoms with E-state index in [1.807, 2.05) is 0 Å². The van der Waals surface area contributed by atoms with Crippen LogP contribution in [0, 0.1) is 0 Å². The van der Waals surface area contributed by atoms with Crippen LogP contribution < -0.4 is 11.1 Å². The first kappa shape index (κ1) is 14.8. The van der Waals surface area contributed by atoms with E-state index < -0.39 is 0 Å². The van der Waals surface area contributed by atoms with Crippen LogP contribution in [-0.4, -0.2) is 57.8 Å². The molecule has 0 saturated carbocycles. The normalized spacial score (nSPS) is 15.2. The predicted octanol–water partition coefficient (Wildman–Crippen LogP) is -0.663. The van der Waals surface area contributed by atoms with Crippen LogP contribution in [0.4, 0.5) is 0 Å². The Labute approximate surface area is 91.9 Å².